The molecule has 0 aliphatic heterocycles. The molecule has 1 atom stereocenters. The van der Waals surface area contributed by atoms with Gasteiger partial charge in [-0.2, -0.15) is 0 Å². The molecule has 0 bridgehead atoms. The van der Waals surface area contributed by atoms with Crippen molar-refractivity contribution in [2.45, 2.75) is 39.8 Å². The van der Waals surface area contributed by atoms with Crippen molar-refractivity contribution in [2.24, 2.45) is 4.99 Å². The minimum Gasteiger partial charge on any atom is -0.354 e. The molecule has 0 saturated heterocycles. The highest BCUT2D eigenvalue weighted by Crippen LogP contribution is 2.10. The molecule has 1 aromatic heterocycles. The van der Waals surface area contributed by atoms with Gasteiger partial charge in [-0.1, -0.05) is 6.92 Å². The Bertz CT molecular complexity index is 489. The SMILES string of the molecule is CCC(C)NC(=NCC(=O)N(C)C)NCc1ncc(C)s1.I. The second-order valence-corrected chi connectivity index (χ2v) is 6.44. The normalized spacial score (nSPS) is 12.3. The van der Waals surface area contributed by atoms with E-state index in [9.17, 15) is 4.79 Å². The number of amides is 1. The number of halogens is 1. The third-order valence-electron chi connectivity index (χ3n) is 2.94. The van der Waals surface area contributed by atoms with Crippen LogP contribution in [0.1, 0.15) is 30.2 Å². The number of carbonyl (C=O) groups excluding carboxylic acids is 1. The van der Waals surface area contributed by atoms with Crippen LogP contribution in [0.5, 0.6) is 0 Å². The van der Waals surface area contributed by atoms with Gasteiger partial charge in [-0.25, -0.2) is 9.98 Å². The molecule has 1 rings (SSSR count). The van der Waals surface area contributed by atoms with Crippen LogP contribution in [0.3, 0.4) is 0 Å². The van der Waals surface area contributed by atoms with Crippen LogP contribution in [0.2, 0.25) is 0 Å². The Morgan fingerprint density at radius 3 is 2.68 bits per heavy atom. The van der Waals surface area contributed by atoms with Crippen LogP contribution < -0.4 is 10.6 Å². The molecule has 0 aliphatic rings. The van der Waals surface area contributed by atoms with Gasteiger partial charge in [-0.05, 0) is 20.3 Å². The van der Waals surface area contributed by atoms with Crippen LogP contribution in [-0.4, -0.2) is 48.4 Å². The molecule has 0 aliphatic carbocycles. The van der Waals surface area contributed by atoms with Crippen LogP contribution >= 0.6 is 35.3 Å². The summed E-state index contributed by atoms with van der Waals surface area (Å²) in [5.74, 6) is 0.623. The van der Waals surface area contributed by atoms with E-state index < -0.39 is 0 Å². The lowest BCUT2D eigenvalue weighted by molar-refractivity contribution is -0.127. The van der Waals surface area contributed by atoms with Gasteiger partial charge in [0.1, 0.15) is 11.6 Å². The Morgan fingerprint density at radius 1 is 1.50 bits per heavy atom. The first kappa shape index (κ1) is 21.1. The minimum atomic E-state index is -0.0228. The molecule has 8 heteroatoms. The van der Waals surface area contributed by atoms with Crippen molar-refractivity contribution >= 4 is 47.2 Å². The fourth-order valence-electron chi connectivity index (χ4n) is 1.42. The maximum Gasteiger partial charge on any atom is 0.243 e. The second-order valence-electron chi connectivity index (χ2n) is 5.12. The summed E-state index contributed by atoms with van der Waals surface area (Å²) in [6, 6.07) is 0.295. The van der Waals surface area contributed by atoms with Crippen molar-refractivity contribution < 1.29 is 4.79 Å². The molecular formula is C14H26IN5OS. The lowest BCUT2D eigenvalue weighted by Gasteiger charge is -2.17. The molecule has 22 heavy (non-hydrogen) atoms. The van der Waals surface area contributed by atoms with Crippen molar-refractivity contribution in [3.8, 4) is 0 Å². The molecule has 0 saturated carbocycles. The van der Waals surface area contributed by atoms with Crippen molar-refractivity contribution in [1.82, 2.24) is 20.5 Å². The van der Waals surface area contributed by atoms with Crippen LogP contribution in [0.4, 0.5) is 0 Å². The van der Waals surface area contributed by atoms with Gasteiger partial charge in [0.25, 0.3) is 0 Å². The Kier molecular flexibility index (Phi) is 10.3. The molecule has 6 nitrogen and oxygen atoms in total. The number of nitrogens with zero attached hydrogens (tertiary/aromatic N) is 3. The molecular weight excluding hydrogens is 413 g/mol. The summed E-state index contributed by atoms with van der Waals surface area (Å²) in [4.78, 5) is 23.0. The van der Waals surface area contributed by atoms with Gasteiger partial charge in [-0.3, -0.25) is 4.79 Å². The third-order valence-corrected chi connectivity index (χ3v) is 3.86. The summed E-state index contributed by atoms with van der Waals surface area (Å²) in [5.41, 5.74) is 0. The summed E-state index contributed by atoms with van der Waals surface area (Å²) in [5, 5.41) is 7.51. The second kappa shape index (κ2) is 10.8. The van der Waals surface area contributed by atoms with Gasteiger partial charge < -0.3 is 15.5 Å². The van der Waals surface area contributed by atoms with Crippen LogP contribution in [0.25, 0.3) is 0 Å². The molecule has 1 amide bonds. The maximum absolute atomic E-state index is 11.6. The first-order valence-corrected chi connectivity index (χ1v) is 7.90. The van der Waals surface area contributed by atoms with Crippen LogP contribution in [0, 0.1) is 6.92 Å². The molecule has 1 aromatic rings. The van der Waals surface area contributed by atoms with Gasteiger partial charge in [0, 0.05) is 31.2 Å². The standard InChI is InChI=1S/C14H25N5OS.HI/c1-6-10(2)18-14(17-9-13(20)19(4)5)16-8-12-15-7-11(3)21-12;/h7,10H,6,8-9H2,1-5H3,(H2,16,17,18);1H. The third kappa shape index (κ3) is 7.92. The number of hydrogen-bond acceptors (Lipinski definition) is 4. The number of rotatable bonds is 6. The number of aryl methyl sites for hydroxylation is 1. The lowest BCUT2D eigenvalue weighted by Crippen LogP contribution is -2.42. The largest absolute Gasteiger partial charge is 0.354 e. The zero-order valence-electron chi connectivity index (χ0n) is 13.8. The number of hydrogen-bond donors (Lipinski definition) is 2. The summed E-state index contributed by atoms with van der Waals surface area (Å²) in [6.07, 6.45) is 2.84. The van der Waals surface area contributed by atoms with Crippen molar-refractivity contribution in [1.29, 1.82) is 0 Å². The number of aromatic nitrogens is 1. The number of likely N-dealkylation sites (N-methyl/N-ethyl adjacent to an activating group) is 1. The van der Waals surface area contributed by atoms with Gasteiger partial charge in [-0.15, -0.1) is 35.3 Å². The highest BCUT2D eigenvalue weighted by atomic mass is 127. The maximum atomic E-state index is 11.6. The highest BCUT2D eigenvalue weighted by Gasteiger charge is 2.07. The predicted octanol–water partition coefficient (Wildman–Crippen LogP) is 1.99. The number of carbonyl (C=O) groups is 1. The molecule has 0 spiro atoms. The zero-order chi connectivity index (χ0) is 15.8. The molecule has 0 radical (unpaired) electrons. The van der Waals surface area contributed by atoms with Crippen molar-refractivity contribution in [2.75, 3.05) is 20.6 Å². The number of thiazole rings is 1. The summed E-state index contributed by atoms with van der Waals surface area (Å²) < 4.78 is 0. The Balaban J connectivity index is 0.00000441. The Labute approximate surface area is 153 Å². The molecule has 126 valence electrons. The van der Waals surface area contributed by atoms with E-state index in [-0.39, 0.29) is 36.4 Å². The van der Waals surface area contributed by atoms with E-state index in [0.717, 1.165) is 11.4 Å². The van der Waals surface area contributed by atoms with Gasteiger partial charge >= 0.3 is 0 Å². The van der Waals surface area contributed by atoms with E-state index in [0.29, 0.717) is 18.5 Å². The van der Waals surface area contributed by atoms with E-state index in [1.54, 1.807) is 25.4 Å². The van der Waals surface area contributed by atoms with E-state index in [1.807, 2.05) is 13.1 Å². The first-order valence-electron chi connectivity index (χ1n) is 7.08. The average molecular weight is 439 g/mol. The molecule has 2 N–H and O–H groups in total. The van der Waals surface area contributed by atoms with Gasteiger partial charge in [0.2, 0.25) is 5.91 Å². The Morgan fingerprint density at radius 2 is 2.18 bits per heavy atom. The van der Waals surface area contributed by atoms with E-state index in [2.05, 4.69) is 34.5 Å². The minimum absolute atomic E-state index is 0. The lowest BCUT2D eigenvalue weighted by atomic mass is 10.3. The topological polar surface area (TPSA) is 69.6 Å². The summed E-state index contributed by atoms with van der Waals surface area (Å²) in [7, 11) is 3.46. The van der Waals surface area contributed by atoms with Gasteiger partial charge in [0.15, 0.2) is 5.96 Å². The average Bonchev–Trinajstić information content (AvgIpc) is 2.86. The van der Waals surface area contributed by atoms with E-state index in [1.165, 1.54) is 9.78 Å². The summed E-state index contributed by atoms with van der Waals surface area (Å²) >= 11 is 1.65. The molecule has 0 fully saturated rings. The number of nitrogens with one attached hydrogen (secondary N) is 2. The van der Waals surface area contributed by atoms with Gasteiger partial charge in [0.05, 0.1) is 6.54 Å². The van der Waals surface area contributed by atoms with Crippen molar-refractivity contribution in [3.05, 3.63) is 16.1 Å². The molecule has 1 unspecified atom stereocenters. The van der Waals surface area contributed by atoms with Crippen molar-refractivity contribution in [3.63, 3.8) is 0 Å². The Hall–Kier alpha value is -0.900. The fraction of sp³-hybridized carbons (Fsp3) is 0.643. The predicted molar refractivity (Wildman–Crippen MR) is 103 cm³/mol. The fourth-order valence-corrected chi connectivity index (χ4v) is 2.15. The van der Waals surface area contributed by atoms with E-state index >= 15 is 0 Å². The highest BCUT2D eigenvalue weighted by molar-refractivity contribution is 14.0. The monoisotopic (exact) mass is 439 g/mol. The first-order chi connectivity index (χ1) is 9.92. The zero-order valence-corrected chi connectivity index (χ0v) is 17.0. The molecule has 1 heterocycles. The summed E-state index contributed by atoms with van der Waals surface area (Å²) in [6.45, 7) is 6.96. The van der Waals surface area contributed by atoms with Crippen LogP contribution in [0.15, 0.2) is 11.2 Å². The quantitative estimate of drug-likeness (QED) is 0.404. The smallest absolute Gasteiger partial charge is 0.243 e. The van der Waals surface area contributed by atoms with E-state index in [4.69, 9.17) is 0 Å². The molecule has 0 aromatic carbocycles. The number of guanidine groups is 1. The van der Waals surface area contributed by atoms with Crippen LogP contribution in [-0.2, 0) is 11.3 Å². The number of aliphatic imine (C=N–C) groups is 1.